The largest absolute Gasteiger partial charge is 0.370 e. The third-order valence-electron chi connectivity index (χ3n) is 2.92. The summed E-state index contributed by atoms with van der Waals surface area (Å²) in [4.78, 5) is 16.7. The molecule has 0 aliphatic carbocycles. The second-order valence-corrected chi connectivity index (χ2v) is 4.13. The third-order valence-corrected chi connectivity index (χ3v) is 2.92. The standard InChI is InChI=1S/C14H13N3O2/c18-14(17-16-8-9-19-17)15-10-12-6-3-5-11-4-1-2-7-13(11)12/h1-9,16H,10H2,(H,15,18). The molecule has 0 saturated carbocycles. The number of benzene rings is 2. The highest BCUT2D eigenvalue weighted by atomic mass is 16.7. The zero-order chi connectivity index (χ0) is 13.1. The second-order valence-electron chi connectivity index (χ2n) is 4.13. The maximum atomic E-state index is 11.7. The van der Waals surface area contributed by atoms with Crippen LogP contribution in [0.15, 0.2) is 54.9 Å². The molecule has 2 amide bonds. The van der Waals surface area contributed by atoms with Crippen LogP contribution < -0.4 is 10.7 Å². The molecule has 0 aromatic heterocycles. The Balaban J connectivity index is 1.73. The number of nitrogens with one attached hydrogen (secondary N) is 2. The summed E-state index contributed by atoms with van der Waals surface area (Å²) in [6, 6.07) is 13.8. The number of hydrogen-bond donors (Lipinski definition) is 2. The summed E-state index contributed by atoms with van der Waals surface area (Å²) in [5.74, 6) is 0. The van der Waals surface area contributed by atoms with Crippen LogP contribution in [0.2, 0.25) is 0 Å². The predicted octanol–water partition coefficient (Wildman–Crippen LogP) is 2.27. The van der Waals surface area contributed by atoms with Crippen LogP contribution in [0.5, 0.6) is 0 Å². The van der Waals surface area contributed by atoms with Gasteiger partial charge in [-0.05, 0) is 16.3 Å². The fraction of sp³-hybridized carbons (Fsp3) is 0.0714. The maximum absolute atomic E-state index is 11.7. The van der Waals surface area contributed by atoms with E-state index in [2.05, 4.69) is 22.9 Å². The first-order valence-corrected chi connectivity index (χ1v) is 5.97. The summed E-state index contributed by atoms with van der Waals surface area (Å²) < 4.78 is 0. The Labute approximate surface area is 110 Å². The van der Waals surface area contributed by atoms with Gasteiger partial charge in [0.2, 0.25) is 0 Å². The number of hydrazine groups is 1. The number of hydroxylamine groups is 1. The van der Waals surface area contributed by atoms with Gasteiger partial charge in [0.1, 0.15) is 6.26 Å². The van der Waals surface area contributed by atoms with E-state index in [1.165, 1.54) is 12.5 Å². The van der Waals surface area contributed by atoms with Crippen molar-refractivity contribution < 1.29 is 9.63 Å². The summed E-state index contributed by atoms with van der Waals surface area (Å²) in [5.41, 5.74) is 3.72. The number of carbonyl (C=O) groups excluding carboxylic acids is 1. The van der Waals surface area contributed by atoms with Crippen molar-refractivity contribution in [3.8, 4) is 0 Å². The van der Waals surface area contributed by atoms with Crippen LogP contribution in [0.3, 0.4) is 0 Å². The molecule has 0 unspecified atom stereocenters. The van der Waals surface area contributed by atoms with Crippen molar-refractivity contribution in [2.75, 3.05) is 0 Å². The van der Waals surface area contributed by atoms with E-state index in [1.54, 1.807) is 0 Å². The molecule has 2 aromatic rings. The van der Waals surface area contributed by atoms with E-state index in [4.69, 9.17) is 4.84 Å². The first kappa shape index (κ1) is 11.4. The van der Waals surface area contributed by atoms with Gasteiger partial charge in [-0.1, -0.05) is 47.6 Å². The van der Waals surface area contributed by atoms with Gasteiger partial charge in [0.05, 0.1) is 6.20 Å². The number of amides is 2. The van der Waals surface area contributed by atoms with Crippen LogP contribution >= 0.6 is 0 Å². The first-order valence-electron chi connectivity index (χ1n) is 5.97. The molecule has 3 rings (SSSR count). The lowest BCUT2D eigenvalue weighted by Gasteiger charge is -2.15. The fourth-order valence-corrected chi connectivity index (χ4v) is 2.02. The first-order chi connectivity index (χ1) is 9.34. The molecule has 0 fully saturated rings. The molecule has 0 bridgehead atoms. The summed E-state index contributed by atoms with van der Waals surface area (Å²) in [6.07, 6.45) is 2.94. The lowest BCUT2D eigenvalue weighted by Crippen LogP contribution is -2.42. The Hall–Kier alpha value is -2.69. The second kappa shape index (κ2) is 4.89. The molecule has 5 nitrogen and oxygen atoms in total. The smallest absolute Gasteiger partial charge is 0.361 e. The molecule has 1 heterocycles. The minimum atomic E-state index is -0.335. The fourth-order valence-electron chi connectivity index (χ4n) is 2.02. The highest BCUT2D eigenvalue weighted by molar-refractivity contribution is 5.86. The predicted molar refractivity (Wildman–Crippen MR) is 71.4 cm³/mol. The van der Waals surface area contributed by atoms with Gasteiger partial charge in [0.25, 0.3) is 0 Å². The Kier molecular flexibility index (Phi) is 2.94. The molecule has 0 saturated heterocycles. The minimum absolute atomic E-state index is 0.335. The summed E-state index contributed by atoms with van der Waals surface area (Å²) in [5, 5.41) is 6.12. The van der Waals surface area contributed by atoms with E-state index in [0.717, 1.165) is 21.5 Å². The number of fused-ring (bicyclic) bond motifs is 1. The molecule has 2 aromatic carbocycles. The highest BCUT2D eigenvalue weighted by Gasteiger charge is 2.15. The van der Waals surface area contributed by atoms with Crippen LogP contribution in [-0.4, -0.2) is 11.2 Å². The van der Waals surface area contributed by atoms with Crippen LogP contribution in [-0.2, 0) is 11.4 Å². The van der Waals surface area contributed by atoms with Gasteiger partial charge in [-0.3, -0.25) is 5.43 Å². The Morgan fingerprint density at radius 3 is 2.89 bits per heavy atom. The quantitative estimate of drug-likeness (QED) is 0.865. The zero-order valence-electron chi connectivity index (χ0n) is 10.2. The van der Waals surface area contributed by atoms with Gasteiger partial charge >= 0.3 is 6.03 Å². The summed E-state index contributed by atoms with van der Waals surface area (Å²) in [6.45, 7) is 0.446. The van der Waals surface area contributed by atoms with Crippen molar-refractivity contribution in [3.05, 3.63) is 60.5 Å². The Morgan fingerprint density at radius 2 is 2.05 bits per heavy atom. The van der Waals surface area contributed by atoms with Gasteiger partial charge in [0, 0.05) is 6.54 Å². The number of urea groups is 1. The average molecular weight is 255 g/mol. The van der Waals surface area contributed by atoms with E-state index >= 15 is 0 Å². The maximum Gasteiger partial charge on any atom is 0.370 e. The van der Waals surface area contributed by atoms with E-state index in [-0.39, 0.29) is 6.03 Å². The van der Waals surface area contributed by atoms with Crippen molar-refractivity contribution in [1.29, 1.82) is 0 Å². The molecule has 19 heavy (non-hydrogen) atoms. The molecule has 0 atom stereocenters. The molecule has 96 valence electrons. The molecule has 0 radical (unpaired) electrons. The van der Waals surface area contributed by atoms with Gasteiger partial charge in [0.15, 0.2) is 0 Å². The minimum Gasteiger partial charge on any atom is -0.361 e. The van der Waals surface area contributed by atoms with Gasteiger partial charge < -0.3 is 10.2 Å². The molecule has 5 heteroatoms. The SMILES string of the molecule is O=C(NCc1cccc2ccccc12)N1NC=CO1. The van der Waals surface area contributed by atoms with E-state index in [1.807, 2.05) is 30.3 Å². The zero-order valence-corrected chi connectivity index (χ0v) is 10.2. The van der Waals surface area contributed by atoms with Gasteiger partial charge in [-0.25, -0.2) is 4.79 Å². The topological polar surface area (TPSA) is 53.6 Å². The van der Waals surface area contributed by atoms with Gasteiger partial charge in [-0.15, -0.1) is 0 Å². The molecule has 2 N–H and O–H groups in total. The van der Waals surface area contributed by atoms with Crippen molar-refractivity contribution in [2.45, 2.75) is 6.54 Å². The molecule has 1 aliphatic rings. The van der Waals surface area contributed by atoms with Crippen molar-refractivity contribution in [3.63, 3.8) is 0 Å². The third kappa shape index (κ3) is 2.30. The van der Waals surface area contributed by atoms with E-state index in [0.29, 0.717) is 6.54 Å². The lowest BCUT2D eigenvalue weighted by atomic mass is 10.0. The summed E-state index contributed by atoms with van der Waals surface area (Å²) in [7, 11) is 0. The van der Waals surface area contributed by atoms with Gasteiger partial charge in [-0.2, -0.15) is 0 Å². The number of rotatable bonds is 2. The molecule has 1 aliphatic heterocycles. The Bertz CT molecular complexity index is 626. The average Bonchev–Trinajstić information content (AvgIpc) is 2.99. The number of hydrogen-bond acceptors (Lipinski definition) is 3. The molecular formula is C14H13N3O2. The van der Waals surface area contributed by atoms with Crippen LogP contribution in [0.4, 0.5) is 4.79 Å². The van der Waals surface area contributed by atoms with Crippen LogP contribution in [0.1, 0.15) is 5.56 Å². The lowest BCUT2D eigenvalue weighted by molar-refractivity contribution is -0.0647. The summed E-state index contributed by atoms with van der Waals surface area (Å²) >= 11 is 0. The number of nitrogens with zero attached hydrogens (tertiary/aromatic N) is 1. The van der Waals surface area contributed by atoms with Crippen molar-refractivity contribution in [1.82, 2.24) is 15.9 Å². The highest BCUT2D eigenvalue weighted by Crippen LogP contribution is 2.18. The van der Waals surface area contributed by atoms with E-state index < -0.39 is 0 Å². The number of carbonyl (C=O) groups is 1. The van der Waals surface area contributed by atoms with E-state index in [9.17, 15) is 4.79 Å². The molecule has 0 spiro atoms. The van der Waals surface area contributed by atoms with Crippen LogP contribution in [0, 0.1) is 0 Å². The van der Waals surface area contributed by atoms with Crippen molar-refractivity contribution in [2.24, 2.45) is 0 Å². The van der Waals surface area contributed by atoms with Crippen LogP contribution in [0.25, 0.3) is 10.8 Å². The Morgan fingerprint density at radius 1 is 1.21 bits per heavy atom. The molecular weight excluding hydrogens is 242 g/mol. The van der Waals surface area contributed by atoms with Crippen molar-refractivity contribution >= 4 is 16.8 Å². The monoisotopic (exact) mass is 255 g/mol. The normalized spacial score (nSPS) is 13.2.